The van der Waals surface area contributed by atoms with Gasteiger partial charge in [0.1, 0.15) is 5.82 Å². The number of aromatic nitrogens is 1. The smallest absolute Gasteiger partial charge is 0.178 e. The predicted molar refractivity (Wildman–Crippen MR) is 103 cm³/mol. The second-order valence-electron chi connectivity index (χ2n) is 6.17. The van der Waals surface area contributed by atoms with E-state index in [1.807, 2.05) is 50.2 Å². The molecular weight excluding hydrogens is 332 g/mol. The maximum absolute atomic E-state index is 12.4. The van der Waals surface area contributed by atoms with Crippen molar-refractivity contribution in [2.24, 2.45) is 0 Å². The Balaban J connectivity index is 1.96. The number of hydrogen-bond donors (Lipinski definition) is 1. The minimum Gasteiger partial charge on any atom is -0.340 e. The van der Waals surface area contributed by atoms with Crippen LogP contribution in [0, 0.1) is 6.92 Å². The molecule has 0 unspecified atom stereocenters. The Morgan fingerprint density at radius 1 is 1.04 bits per heavy atom. The molecule has 0 saturated heterocycles. The van der Waals surface area contributed by atoms with E-state index in [0.717, 1.165) is 34.4 Å². The maximum atomic E-state index is 12.4. The summed E-state index contributed by atoms with van der Waals surface area (Å²) in [6, 6.07) is 17.0. The Labute approximate surface area is 148 Å². The van der Waals surface area contributed by atoms with Crippen molar-refractivity contribution in [3.8, 4) is 0 Å². The zero-order valence-corrected chi connectivity index (χ0v) is 15.3. The molecule has 0 radical (unpaired) electrons. The van der Waals surface area contributed by atoms with Crippen LogP contribution in [0.15, 0.2) is 59.5 Å². The highest BCUT2D eigenvalue weighted by atomic mass is 32.2. The van der Waals surface area contributed by atoms with E-state index in [9.17, 15) is 8.42 Å². The normalized spacial score (nSPS) is 11.6. The molecule has 0 aliphatic rings. The number of hydrogen-bond acceptors (Lipinski definition) is 4. The first-order valence-electron chi connectivity index (χ1n) is 8.46. The largest absolute Gasteiger partial charge is 0.340 e. The van der Waals surface area contributed by atoms with Gasteiger partial charge in [0, 0.05) is 11.1 Å². The van der Waals surface area contributed by atoms with Gasteiger partial charge in [0.05, 0.1) is 16.2 Å². The van der Waals surface area contributed by atoms with Crippen LogP contribution in [0.5, 0.6) is 0 Å². The Kier molecular flexibility index (Phi) is 5.04. The summed E-state index contributed by atoms with van der Waals surface area (Å²) in [6.07, 6.45) is 1.54. The molecule has 3 aromatic rings. The lowest BCUT2D eigenvalue weighted by atomic mass is 10.1. The Bertz CT molecular complexity index is 983. The highest BCUT2D eigenvalue weighted by Gasteiger charge is 2.15. The van der Waals surface area contributed by atoms with Gasteiger partial charge in [-0.25, -0.2) is 13.4 Å². The van der Waals surface area contributed by atoms with Gasteiger partial charge in [-0.3, -0.25) is 0 Å². The Morgan fingerprint density at radius 2 is 1.80 bits per heavy atom. The van der Waals surface area contributed by atoms with Crippen molar-refractivity contribution in [2.45, 2.75) is 31.6 Å². The summed E-state index contributed by atoms with van der Waals surface area (Å²) in [7, 11) is -3.23. The average Bonchev–Trinajstić information content (AvgIpc) is 2.60. The Morgan fingerprint density at radius 3 is 2.52 bits per heavy atom. The van der Waals surface area contributed by atoms with Crippen LogP contribution in [0.25, 0.3) is 10.9 Å². The summed E-state index contributed by atoms with van der Waals surface area (Å²) in [6.45, 7) is 3.97. The zero-order valence-electron chi connectivity index (χ0n) is 14.5. The number of aryl methyl sites for hydroxylation is 1. The molecular formula is C20H22N2O2S. The number of rotatable bonds is 6. The van der Waals surface area contributed by atoms with Crippen LogP contribution in [0.1, 0.15) is 25.3 Å². The van der Waals surface area contributed by atoms with Crippen molar-refractivity contribution in [2.75, 3.05) is 11.1 Å². The predicted octanol–water partition coefficient (Wildman–Crippen LogP) is 4.86. The van der Waals surface area contributed by atoms with Crippen LogP contribution in [0.3, 0.4) is 0 Å². The van der Waals surface area contributed by atoms with Gasteiger partial charge in [-0.15, -0.1) is 0 Å². The molecule has 0 atom stereocenters. The van der Waals surface area contributed by atoms with Gasteiger partial charge in [0.25, 0.3) is 0 Å². The van der Waals surface area contributed by atoms with E-state index in [2.05, 4.69) is 10.3 Å². The van der Waals surface area contributed by atoms with Crippen LogP contribution in [-0.2, 0) is 9.84 Å². The molecule has 0 saturated carbocycles. The molecule has 2 aromatic carbocycles. The first-order valence-corrected chi connectivity index (χ1v) is 10.1. The van der Waals surface area contributed by atoms with Crippen molar-refractivity contribution >= 4 is 32.2 Å². The van der Waals surface area contributed by atoms with Gasteiger partial charge in [0.2, 0.25) is 0 Å². The highest BCUT2D eigenvalue weighted by molar-refractivity contribution is 7.91. The van der Waals surface area contributed by atoms with Crippen LogP contribution < -0.4 is 5.32 Å². The summed E-state index contributed by atoms with van der Waals surface area (Å²) in [5.74, 6) is 0.938. The average molecular weight is 354 g/mol. The molecule has 1 N–H and O–H groups in total. The Hall–Kier alpha value is -2.40. The molecule has 5 heteroatoms. The molecule has 0 aliphatic carbocycles. The number of anilines is 2. The molecule has 1 heterocycles. The lowest BCUT2D eigenvalue weighted by molar-refractivity contribution is 0.593. The molecule has 0 amide bonds. The molecule has 3 rings (SSSR count). The summed E-state index contributed by atoms with van der Waals surface area (Å²) < 4.78 is 24.8. The minimum absolute atomic E-state index is 0.190. The maximum Gasteiger partial charge on any atom is 0.178 e. The number of nitrogens with one attached hydrogen (secondary N) is 1. The standard InChI is InChI=1S/C20H22N2O2S/c1-3-4-12-25(23,24)17-10-11-19-18(14-17)15(2)13-20(22-19)21-16-8-6-5-7-9-16/h5-11,13-14H,3-4,12H2,1-2H3,(H,21,22). The van der Waals surface area contributed by atoms with Gasteiger partial charge < -0.3 is 5.32 Å². The van der Waals surface area contributed by atoms with Crippen molar-refractivity contribution in [3.05, 3.63) is 60.2 Å². The number of benzene rings is 2. The molecule has 0 fully saturated rings. The SMILES string of the molecule is CCCCS(=O)(=O)c1ccc2nc(Nc3ccccc3)cc(C)c2c1. The van der Waals surface area contributed by atoms with Gasteiger partial charge in [-0.1, -0.05) is 31.5 Å². The molecule has 1 aromatic heterocycles. The van der Waals surface area contributed by atoms with Gasteiger partial charge >= 0.3 is 0 Å². The summed E-state index contributed by atoms with van der Waals surface area (Å²) >= 11 is 0. The topological polar surface area (TPSA) is 59.1 Å². The van der Waals surface area contributed by atoms with E-state index in [0.29, 0.717) is 11.3 Å². The molecule has 25 heavy (non-hydrogen) atoms. The number of para-hydroxylation sites is 1. The van der Waals surface area contributed by atoms with E-state index >= 15 is 0 Å². The molecule has 0 bridgehead atoms. The summed E-state index contributed by atoms with van der Waals surface area (Å²) in [4.78, 5) is 4.99. The van der Waals surface area contributed by atoms with Gasteiger partial charge in [0.15, 0.2) is 9.84 Å². The second kappa shape index (κ2) is 7.23. The minimum atomic E-state index is -3.23. The van der Waals surface area contributed by atoms with E-state index in [4.69, 9.17) is 0 Å². The lowest BCUT2D eigenvalue weighted by Gasteiger charge is -2.11. The zero-order chi connectivity index (χ0) is 17.9. The lowest BCUT2D eigenvalue weighted by Crippen LogP contribution is -2.06. The monoisotopic (exact) mass is 354 g/mol. The van der Waals surface area contributed by atoms with Crippen molar-refractivity contribution in [1.29, 1.82) is 0 Å². The van der Waals surface area contributed by atoms with E-state index in [1.54, 1.807) is 18.2 Å². The molecule has 4 nitrogen and oxygen atoms in total. The third kappa shape index (κ3) is 3.99. The summed E-state index contributed by atoms with van der Waals surface area (Å²) in [5, 5.41) is 4.15. The number of sulfone groups is 1. The van der Waals surface area contributed by atoms with E-state index in [-0.39, 0.29) is 5.75 Å². The van der Waals surface area contributed by atoms with Crippen molar-refractivity contribution < 1.29 is 8.42 Å². The fourth-order valence-electron chi connectivity index (χ4n) is 2.75. The number of nitrogens with zero attached hydrogens (tertiary/aromatic N) is 1. The highest BCUT2D eigenvalue weighted by Crippen LogP contribution is 2.26. The fraction of sp³-hybridized carbons (Fsp3) is 0.250. The fourth-order valence-corrected chi connectivity index (χ4v) is 4.23. The molecule has 130 valence electrons. The quantitative estimate of drug-likeness (QED) is 0.687. The molecule has 0 aliphatic heterocycles. The van der Waals surface area contributed by atoms with Crippen LogP contribution in [-0.4, -0.2) is 19.2 Å². The third-order valence-corrected chi connectivity index (χ3v) is 5.96. The van der Waals surface area contributed by atoms with E-state index < -0.39 is 9.84 Å². The van der Waals surface area contributed by atoms with Crippen LogP contribution in [0.4, 0.5) is 11.5 Å². The second-order valence-corrected chi connectivity index (χ2v) is 8.28. The van der Waals surface area contributed by atoms with Crippen molar-refractivity contribution in [3.63, 3.8) is 0 Å². The van der Waals surface area contributed by atoms with Crippen molar-refractivity contribution in [1.82, 2.24) is 4.98 Å². The number of unbranched alkanes of at least 4 members (excludes halogenated alkanes) is 1. The van der Waals surface area contributed by atoms with E-state index in [1.165, 1.54) is 0 Å². The number of fused-ring (bicyclic) bond motifs is 1. The van der Waals surface area contributed by atoms with Gasteiger partial charge in [-0.05, 0) is 55.3 Å². The first kappa shape index (κ1) is 17.4. The first-order chi connectivity index (χ1) is 12.0. The summed E-state index contributed by atoms with van der Waals surface area (Å²) in [5.41, 5.74) is 2.75. The third-order valence-electron chi connectivity index (χ3n) is 4.16. The molecule has 0 spiro atoms. The van der Waals surface area contributed by atoms with Crippen LogP contribution >= 0.6 is 0 Å². The van der Waals surface area contributed by atoms with Crippen LogP contribution in [0.2, 0.25) is 0 Å². The van der Waals surface area contributed by atoms with Gasteiger partial charge in [-0.2, -0.15) is 0 Å². The number of pyridine rings is 1.